The number of hydrogen-bond acceptors (Lipinski definition) is 9. The van der Waals surface area contributed by atoms with Crippen LogP contribution in [0.25, 0.3) is 0 Å². The van der Waals surface area contributed by atoms with Gasteiger partial charge in [-0.1, -0.05) is 126 Å². The number of carboxylic acids is 1. The van der Waals surface area contributed by atoms with Gasteiger partial charge in [0.1, 0.15) is 12.6 Å². The first-order valence-corrected chi connectivity index (χ1v) is 21.8. The quantitative estimate of drug-likeness (QED) is 0.0237. The average Bonchev–Trinajstić information content (AvgIpc) is 3.14. The number of nitrogens with two attached hydrogens (primary N) is 1. The van der Waals surface area contributed by atoms with Crippen LogP contribution in [0.15, 0.2) is 60.8 Å². The van der Waals surface area contributed by atoms with E-state index in [0.29, 0.717) is 12.8 Å². The van der Waals surface area contributed by atoms with Gasteiger partial charge in [0.05, 0.1) is 13.2 Å². The second kappa shape index (κ2) is 37.1. The molecule has 54 heavy (non-hydrogen) atoms. The predicted octanol–water partition coefficient (Wildman–Crippen LogP) is 10.4. The summed E-state index contributed by atoms with van der Waals surface area (Å²) in [4.78, 5) is 45.9. The van der Waals surface area contributed by atoms with E-state index in [1.165, 1.54) is 19.3 Å². The first-order chi connectivity index (χ1) is 26.1. The Morgan fingerprint density at radius 2 is 1.04 bits per heavy atom. The van der Waals surface area contributed by atoms with Gasteiger partial charge in [-0.05, 0) is 77.0 Å². The lowest BCUT2D eigenvalue weighted by Gasteiger charge is -2.20. The molecule has 0 aromatic carbocycles. The summed E-state index contributed by atoms with van der Waals surface area (Å²) in [6.45, 7) is 2.61. The normalized spacial score (nSPS) is 14.4. The number of hydrogen-bond donors (Lipinski definition) is 3. The van der Waals surface area contributed by atoms with Crippen molar-refractivity contribution in [3.63, 3.8) is 0 Å². The van der Waals surface area contributed by atoms with Crippen molar-refractivity contribution < 1.29 is 47.5 Å². The molecule has 0 aromatic heterocycles. The van der Waals surface area contributed by atoms with Gasteiger partial charge in [0.2, 0.25) is 0 Å². The summed E-state index contributed by atoms with van der Waals surface area (Å²) in [6, 6.07) is -1.53. The van der Waals surface area contributed by atoms with Crippen molar-refractivity contribution >= 4 is 25.7 Å². The van der Waals surface area contributed by atoms with Crippen molar-refractivity contribution in [3.05, 3.63) is 60.8 Å². The van der Waals surface area contributed by atoms with Crippen molar-refractivity contribution in [2.24, 2.45) is 5.73 Å². The highest BCUT2D eigenvalue weighted by Crippen LogP contribution is 2.43. The van der Waals surface area contributed by atoms with Gasteiger partial charge in [-0.2, -0.15) is 0 Å². The molecule has 310 valence electrons. The second-order valence-electron chi connectivity index (χ2n) is 13.4. The Hall–Kier alpha value is -2.82. The van der Waals surface area contributed by atoms with E-state index < -0.39 is 51.1 Å². The van der Waals surface area contributed by atoms with Crippen LogP contribution in [0, 0.1) is 0 Å². The minimum absolute atomic E-state index is 0.136. The summed E-state index contributed by atoms with van der Waals surface area (Å²) in [5.74, 6) is -2.43. The van der Waals surface area contributed by atoms with Crippen LogP contribution >= 0.6 is 7.82 Å². The molecule has 0 saturated heterocycles. The molecule has 0 saturated carbocycles. The predicted molar refractivity (Wildman–Crippen MR) is 217 cm³/mol. The van der Waals surface area contributed by atoms with E-state index in [1.54, 1.807) is 0 Å². The fraction of sp³-hybridized carbons (Fsp3) is 0.690. The molecule has 0 aliphatic heterocycles. The molecule has 0 spiro atoms. The molecule has 0 aliphatic rings. The van der Waals surface area contributed by atoms with Gasteiger partial charge in [-0.3, -0.25) is 23.4 Å². The van der Waals surface area contributed by atoms with E-state index in [-0.39, 0.29) is 19.4 Å². The monoisotopic (exact) mass is 781 g/mol. The lowest BCUT2D eigenvalue weighted by Crippen LogP contribution is -2.34. The zero-order chi connectivity index (χ0) is 40.0. The SMILES string of the molecule is CC/C=C\C/C=C\C/C=C\CCCCCCCC(=O)OC(COC(=O)CCCCCCC/C=C\C/C=C\CCCCC)COP(=O)(O)OCC(N)C(=O)O. The van der Waals surface area contributed by atoms with E-state index in [9.17, 15) is 23.8 Å². The Morgan fingerprint density at radius 1 is 0.593 bits per heavy atom. The Balaban J connectivity index is 4.47. The van der Waals surface area contributed by atoms with Crippen molar-refractivity contribution in [2.45, 2.75) is 167 Å². The zero-order valence-corrected chi connectivity index (χ0v) is 34.2. The third-order valence-corrected chi connectivity index (χ3v) is 9.20. The van der Waals surface area contributed by atoms with Crippen LogP contribution in [-0.2, 0) is 37.5 Å². The first-order valence-electron chi connectivity index (χ1n) is 20.3. The Morgan fingerprint density at radius 3 is 1.56 bits per heavy atom. The Labute approximate surface area is 326 Å². The van der Waals surface area contributed by atoms with E-state index in [4.69, 9.17) is 24.8 Å². The second-order valence-corrected chi connectivity index (χ2v) is 14.8. The molecule has 0 aliphatic carbocycles. The smallest absolute Gasteiger partial charge is 0.472 e. The number of rotatable bonds is 37. The molecule has 0 fully saturated rings. The highest BCUT2D eigenvalue weighted by molar-refractivity contribution is 7.47. The number of allylic oxidation sites excluding steroid dienone is 10. The molecule has 0 bridgehead atoms. The van der Waals surface area contributed by atoms with Gasteiger partial charge in [0.25, 0.3) is 0 Å². The Kier molecular flexibility index (Phi) is 35.2. The lowest BCUT2D eigenvalue weighted by atomic mass is 10.1. The van der Waals surface area contributed by atoms with Crippen LogP contribution in [-0.4, -0.2) is 59.9 Å². The maximum atomic E-state index is 12.6. The molecule has 0 amide bonds. The van der Waals surface area contributed by atoms with E-state index in [0.717, 1.165) is 96.3 Å². The third kappa shape index (κ3) is 36.2. The Bertz CT molecular complexity index is 1150. The van der Waals surface area contributed by atoms with Gasteiger partial charge < -0.3 is 25.2 Å². The van der Waals surface area contributed by atoms with Crippen molar-refractivity contribution in [2.75, 3.05) is 19.8 Å². The number of carbonyl (C=O) groups is 3. The maximum absolute atomic E-state index is 12.6. The standard InChI is InChI=1S/C42H72NO10P/c1-3-5-7-9-11-13-15-17-19-21-23-25-27-29-31-33-40(44)50-35-38(36-51-54(48,49)52-37-39(43)42(46)47)53-41(45)34-32-30-28-26-24-22-20-18-16-14-12-10-8-6-4-2/h6,8,11-14,17-20,38-39H,3-5,7,9-10,15-16,21-37,43H2,1-2H3,(H,46,47)(H,48,49)/b8-6-,13-11-,14-12-,19-17-,20-18-. The van der Waals surface area contributed by atoms with Gasteiger partial charge in [-0.25, -0.2) is 4.57 Å². The molecule has 3 atom stereocenters. The number of aliphatic carboxylic acids is 1. The molecule has 0 heterocycles. The summed E-state index contributed by atoms with van der Waals surface area (Å²) < 4.78 is 32.6. The third-order valence-electron chi connectivity index (χ3n) is 8.25. The maximum Gasteiger partial charge on any atom is 0.472 e. The summed E-state index contributed by atoms with van der Waals surface area (Å²) >= 11 is 0. The number of esters is 2. The summed E-state index contributed by atoms with van der Waals surface area (Å²) in [5.41, 5.74) is 5.32. The molecular formula is C42H72NO10P. The molecule has 12 heteroatoms. The fourth-order valence-corrected chi connectivity index (χ4v) is 5.83. The van der Waals surface area contributed by atoms with E-state index >= 15 is 0 Å². The van der Waals surface area contributed by atoms with Crippen molar-refractivity contribution in [1.82, 2.24) is 0 Å². The molecule has 0 rings (SSSR count). The number of unbranched alkanes of at least 4 members (excludes halogenated alkanes) is 13. The zero-order valence-electron chi connectivity index (χ0n) is 33.3. The molecule has 0 aromatic rings. The van der Waals surface area contributed by atoms with Crippen molar-refractivity contribution in [1.29, 1.82) is 0 Å². The molecule has 3 unspecified atom stereocenters. The highest BCUT2D eigenvalue weighted by atomic mass is 31.2. The van der Waals surface area contributed by atoms with Crippen LogP contribution in [0.4, 0.5) is 0 Å². The minimum Gasteiger partial charge on any atom is -0.480 e. The van der Waals surface area contributed by atoms with E-state index in [2.05, 4.69) is 79.1 Å². The van der Waals surface area contributed by atoms with Gasteiger partial charge in [-0.15, -0.1) is 0 Å². The van der Waals surface area contributed by atoms with Crippen LogP contribution in [0.1, 0.15) is 155 Å². The number of carbonyl (C=O) groups excluding carboxylic acids is 2. The number of ether oxygens (including phenoxy) is 2. The van der Waals surface area contributed by atoms with Crippen LogP contribution in [0.2, 0.25) is 0 Å². The number of phosphoric acid groups is 1. The van der Waals surface area contributed by atoms with Gasteiger partial charge in [0, 0.05) is 12.8 Å². The van der Waals surface area contributed by atoms with Crippen LogP contribution < -0.4 is 5.73 Å². The first kappa shape index (κ1) is 51.2. The van der Waals surface area contributed by atoms with Crippen LogP contribution in [0.3, 0.4) is 0 Å². The molecule has 11 nitrogen and oxygen atoms in total. The average molecular weight is 782 g/mol. The molecular weight excluding hydrogens is 709 g/mol. The number of phosphoric ester groups is 1. The summed E-state index contributed by atoms with van der Waals surface area (Å²) in [7, 11) is -4.72. The number of carboxylic acid groups (broad SMARTS) is 1. The highest BCUT2D eigenvalue weighted by Gasteiger charge is 2.28. The van der Waals surface area contributed by atoms with Gasteiger partial charge >= 0.3 is 25.7 Å². The van der Waals surface area contributed by atoms with Gasteiger partial charge in [0.15, 0.2) is 6.10 Å². The summed E-state index contributed by atoms with van der Waals surface area (Å²) in [5, 5.41) is 8.87. The fourth-order valence-electron chi connectivity index (χ4n) is 5.05. The largest absolute Gasteiger partial charge is 0.480 e. The summed E-state index contributed by atoms with van der Waals surface area (Å²) in [6.07, 6.45) is 41.4. The lowest BCUT2D eigenvalue weighted by molar-refractivity contribution is -0.161. The molecule has 4 N–H and O–H groups in total. The topological polar surface area (TPSA) is 172 Å². The molecule has 0 radical (unpaired) electrons. The minimum atomic E-state index is -4.72. The van der Waals surface area contributed by atoms with Crippen molar-refractivity contribution in [3.8, 4) is 0 Å². The van der Waals surface area contributed by atoms with Crippen LogP contribution in [0.5, 0.6) is 0 Å². The van der Waals surface area contributed by atoms with E-state index in [1.807, 2.05) is 0 Å².